The predicted molar refractivity (Wildman–Crippen MR) is 88.1 cm³/mol. The highest BCUT2D eigenvalue weighted by atomic mass is 19.1. The number of carbonyl (C=O) groups is 3. The third-order valence-electron chi connectivity index (χ3n) is 3.72. The fourth-order valence-corrected chi connectivity index (χ4v) is 2.46. The second-order valence-corrected chi connectivity index (χ2v) is 5.46. The Hall–Kier alpha value is -3.35. The molecule has 0 spiro atoms. The zero-order valence-corrected chi connectivity index (χ0v) is 13.1. The van der Waals surface area contributed by atoms with Gasteiger partial charge in [0, 0.05) is 5.56 Å². The maximum absolute atomic E-state index is 13.0. The molecular weight excluding hydrogens is 325 g/mol. The van der Waals surface area contributed by atoms with E-state index in [1.54, 1.807) is 0 Å². The molecule has 6 nitrogen and oxygen atoms in total. The highest BCUT2D eigenvalue weighted by Crippen LogP contribution is 2.20. The molecule has 2 aromatic carbocycles. The number of barbiturate groups is 1. The van der Waals surface area contributed by atoms with Crippen molar-refractivity contribution in [2.75, 3.05) is 4.90 Å². The highest BCUT2D eigenvalue weighted by molar-refractivity contribution is 6.32. The Labute approximate surface area is 143 Å². The maximum atomic E-state index is 13.0. The molecule has 1 fully saturated rings. The van der Waals surface area contributed by atoms with E-state index >= 15 is 0 Å². The molecule has 0 aromatic heterocycles. The molecule has 1 aliphatic rings. The summed E-state index contributed by atoms with van der Waals surface area (Å²) in [6.45, 7) is 0.433. The first kappa shape index (κ1) is 16.5. The molecule has 0 radical (unpaired) electrons. The molecule has 0 aliphatic carbocycles. The van der Waals surface area contributed by atoms with Gasteiger partial charge in [-0.25, -0.2) is 19.1 Å². The number of hydrogen-bond acceptors (Lipinski definition) is 3. The molecule has 7 heteroatoms. The van der Waals surface area contributed by atoms with E-state index in [-0.39, 0.29) is 5.69 Å². The largest absolute Gasteiger partial charge is 0.335 e. The number of carbonyl (C=O) groups excluding carboxylic acids is 3. The number of amides is 4. The quantitative estimate of drug-likeness (QED) is 0.624. The lowest BCUT2D eigenvalue weighted by Gasteiger charge is -2.27. The van der Waals surface area contributed by atoms with Gasteiger partial charge in [-0.1, -0.05) is 30.3 Å². The van der Waals surface area contributed by atoms with Crippen LogP contribution >= 0.6 is 0 Å². The number of anilines is 1. The summed E-state index contributed by atoms with van der Waals surface area (Å²) in [7, 11) is 0. The summed E-state index contributed by atoms with van der Waals surface area (Å²) in [5.41, 5.74) is 1.17. The molecule has 0 unspecified atom stereocenters. The monoisotopic (exact) mass is 340 g/mol. The second kappa shape index (κ2) is 7.04. The molecule has 1 heterocycles. The molecule has 1 atom stereocenters. The van der Waals surface area contributed by atoms with E-state index in [0.717, 1.165) is 22.6 Å². The van der Waals surface area contributed by atoms with Crippen LogP contribution in [0.15, 0.2) is 54.6 Å². The van der Waals surface area contributed by atoms with Crippen molar-refractivity contribution in [2.24, 2.45) is 5.92 Å². The molecule has 25 heavy (non-hydrogen) atoms. The topological polar surface area (TPSA) is 80.5 Å². The van der Waals surface area contributed by atoms with Crippen LogP contribution in [0.2, 0.25) is 0 Å². The number of nitrogens with one attached hydrogen (secondary N) is 2. The predicted octanol–water partition coefficient (Wildman–Crippen LogP) is 0.376. The second-order valence-electron chi connectivity index (χ2n) is 5.46. The Balaban J connectivity index is 1.79. The van der Waals surface area contributed by atoms with E-state index in [1.165, 1.54) is 18.3 Å². The van der Waals surface area contributed by atoms with E-state index in [9.17, 15) is 18.8 Å². The summed E-state index contributed by atoms with van der Waals surface area (Å²) >= 11 is 0. The van der Waals surface area contributed by atoms with Crippen LogP contribution < -0.4 is 15.2 Å². The number of rotatable bonds is 4. The Morgan fingerprint density at radius 3 is 2.40 bits per heavy atom. The lowest BCUT2D eigenvalue weighted by atomic mass is 10.1. The zero-order valence-electron chi connectivity index (χ0n) is 13.1. The Morgan fingerprint density at radius 2 is 1.72 bits per heavy atom. The molecule has 4 amide bonds. The first-order chi connectivity index (χ1) is 12.1. The molecule has 2 N–H and O–H groups in total. The van der Waals surface area contributed by atoms with Gasteiger partial charge in [0.05, 0.1) is 5.69 Å². The molecule has 1 saturated heterocycles. The fraction of sp³-hybridized carbons (Fsp3) is 0.111. The van der Waals surface area contributed by atoms with Crippen LogP contribution in [-0.2, 0) is 16.1 Å². The van der Waals surface area contributed by atoms with Crippen LogP contribution in [0.4, 0.5) is 14.9 Å². The van der Waals surface area contributed by atoms with Crippen molar-refractivity contribution < 1.29 is 23.8 Å². The van der Waals surface area contributed by atoms with Crippen molar-refractivity contribution in [3.63, 3.8) is 0 Å². The lowest BCUT2D eigenvalue weighted by Crippen LogP contribution is -2.71. The third-order valence-corrected chi connectivity index (χ3v) is 3.72. The van der Waals surface area contributed by atoms with Crippen LogP contribution in [0.5, 0.6) is 0 Å². The van der Waals surface area contributed by atoms with Crippen molar-refractivity contribution in [2.45, 2.75) is 6.54 Å². The van der Waals surface area contributed by atoms with Crippen LogP contribution in [0.25, 0.3) is 0 Å². The van der Waals surface area contributed by atoms with Crippen molar-refractivity contribution in [1.82, 2.24) is 5.32 Å². The summed E-state index contributed by atoms with van der Waals surface area (Å²) in [5, 5.41) is 2.13. The lowest BCUT2D eigenvalue weighted by molar-refractivity contribution is -0.471. The Kier molecular flexibility index (Phi) is 4.65. The molecule has 2 aromatic rings. The number of hydrogen-bond donors (Lipinski definition) is 2. The normalized spacial score (nSPS) is 17.9. The fourth-order valence-electron chi connectivity index (χ4n) is 2.46. The van der Waals surface area contributed by atoms with Gasteiger partial charge < -0.3 is 0 Å². The Bertz CT molecular complexity index is 834. The van der Waals surface area contributed by atoms with Gasteiger partial charge in [-0.3, -0.25) is 14.9 Å². The van der Waals surface area contributed by atoms with Gasteiger partial charge in [-0.2, -0.15) is 0 Å². The van der Waals surface area contributed by atoms with Crippen LogP contribution in [0.1, 0.15) is 5.56 Å². The van der Waals surface area contributed by atoms with E-state index in [2.05, 4.69) is 10.3 Å². The first-order valence-electron chi connectivity index (χ1n) is 7.61. The van der Waals surface area contributed by atoms with E-state index < -0.39 is 29.6 Å². The van der Waals surface area contributed by atoms with Gasteiger partial charge in [0.1, 0.15) is 5.82 Å². The van der Waals surface area contributed by atoms with Crippen molar-refractivity contribution in [1.29, 1.82) is 0 Å². The summed E-state index contributed by atoms with van der Waals surface area (Å²) in [4.78, 5) is 40.3. The van der Waals surface area contributed by atoms with Gasteiger partial charge in [0.2, 0.25) is 0 Å². The number of halogens is 1. The van der Waals surface area contributed by atoms with Crippen molar-refractivity contribution in [3.05, 3.63) is 66.0 Å². The molecule has 0 saturated carbocycles. The summed E-state index contributed by atoms with van der Waals surface area (Å²) in [6.07, 6.45) is 1.35. The minimum atomic E-state index is -1.16. The molecule has 126 valence electrons. The van der Waals surface area contributed by atoms with Gasteiger partial charge in [-0.05, 0) is 24.3 Å². The smallest absolute Gasteiger partial charge is 0.276 e. The van der Waals surface area contributed by atoms with Gasteiger partial charge in [0.25, 0.3) is 11.8 Å². The minimum Gasteiger partial charge on any atom is -0.276 e. The van der Waals surface area contributed by atoms with Crippen molar-refractivity contribution in [3.8, 4) is 0 Å². The van der Waals surface area contributed by atoms with Gasteiger partial charge in [-0.15, -0.1) is 0 Å². The van der Waals surface area contributed by atoms with E-state index in [1.807, 2.05) is 30.3 Å². The number of imide groups is 2. The SMILES string of the molecule is O=C1NC(=O)N(c2ccc(F)cc2)C(=O)[C@H]1C=[NH+]Cc1ccccc1. The first-order valence-corrected chi connectivity index (χ1v) is 7.61. The van der Waals surface area contributed by atoms with Gasteiger partial charge in [0.15, 0.2) is 18.7 Å². The summed E-state index contributed by atoms with van der Waals surface area (Å²) in [5.74, 6) is -3.04. The third kappa shape index (κ3) is 3.60. The van der Waals surface area contributed by atoms with Crippen LogP contribution in [0.3, 0.4) is 0 Å². The average Bonchev–Trinajstić information content (AvgIpc) is 2.60. The van der Waals surface area contributed by atoms with Crippen LogP contribution in [0, 0.1) is 11.7 Å². The molecule has 1 aliphatic heterocycles. The molecule has 3 rings (SSSR count). The average molecular weight is 340 g/mol. The minimum absolute atomic E-state index is 0.192. The van der Waals surface area contributed by atoms with E-state index in [4.69, 9.17) is 0 Å². The number of benzene rings is 2. The number of nitrogens with zero attached hydrogens (tertiary/aromatic N) is 1. The summed E-state index contributed by atoms with van der Waals surface area (Å²) in [6, 6.07) is 13.5. The summed E-state index contributed by atoms with van der Waals surface area (Å²) < 4.78 is 13.0. The highest BCUT2D eigenvalue weighted by Gasteiger charge is 2.42. The standard InChI is InChI=1S/C18H14FN3O3/c19-13-6-8-14(9-7-13)22-17(24)15(16(23)21-18(22)25)11-20-10-12-4-2-1-3-5-12/h1-9,11,15H,10H2,(H,21,23,25)/p+1/t15-/m0/s1. The Morgan fingerprint density at radius 1 is 1.04 bits per heavy atom. The number of urea groups is 1. The molecular formula is C18H15FN3O3+. The maximum Gasteiger partial charge on any atom is 0.335 e. The van der Waals surface area contributed by atoms with E-state index in [0.29, 0.717) is 6.54 Å². The van der Waals surface area contributed by atoms with Gasteiger partial charge >= 0.3 is 6.03 Å². The van der Waals surface area contributed by atoms with Crippen molar-refractivity contribution >= 4 is 29.7 Å². The molecule has 0 bridgehead atoms. The van der Waals surface area contributed by atoms with Crippen LogP contribution in [-0.4, -0.2) is 24.1 Å². The zero-order chi connectivity index (χ0) is 17.8.